The number of nitrogens with one attached hydrogen (secondary N) is 1. The summed E-state index contributed by atoms with van der Waals surface area (Å²) in [5.41, 5.74) is 1.16. The van der Waals surface area contributed by atoms with E-state index in [0.717, 1.165) is 5.56 Å². The Morgan fingerprint density at radius 3 is 2.39 bits per heavy atom. The second kappa shape index (κ2) is 6.96. The van der Waals surface area contributed by atoms with Crippen LogP contribution in [-0.2, 0) is 20.7 Å². The third-order valence-corrected chi connectivity index (χ3v) is 2.84. The summed E-state index contributed by atoms with van der Waals surface area (Å²) in [7, 11) is 1.27. The summed E-state index contributed by atoms with van der Waals surface area (Å²) >= 11 is 3.32. The molecule has 1 amide bonds. The van der Waals surface area contributed by atoms with Crippen LogP contribution >= 0.6 is 15.9 Å². The van der Waals surface area contributed by atoms with Crippen molar-refractivity contribution in [3.05, 3.63) is 46.1 Å². The number of hydrogen-bond acceptors (Lipinski definition) is 3. The zero-order chi connectivity index (χ0) is 13.5. The lowest BCUT2D eigenvalue weighted by Crippen LogP contribution is -2.27. The van der Waals surface area contributed by atoms with Gasteiger partial charge in [-0.3, -0.25) is 4.79 Å². The van der Waals surface area contributed by atoms with Crippen LogP contribution in [0.4, 0.5) is 0 Å². The summed E-state index contributed by atoms with van der Waals surface area (Å²) in [6.07, 6.45) is 0.506. The Hall–Kier alpha value is -1.62. The quantitative estimate of drug-likeness (QED) is 0.684. The topological polar surface area (TPSA) is 55.4 Å². The number of carbonyl (C=O) groups is 2. The molecule has 0 aliphatic heterocycles. The molecular weight excluding hydrogens is 298 g/mol. The molecule has 0 saturated carbocycles. The van der Waals surface area contributed by atoms with Crippen molar-refractivity contribution in [2.24, 2.45) is 0 Å². The highest BCUT2D eigenvalue weighted by molar-refractivity contribution is 9.11. The van der Waals surface area contributed by atoms with Crippen molar-refractivity contribution in [3.63, 3.8) is 0 Å². The number of ether oxygens (including phenoxy) is 1. The van der Waals surface area contributed by atoms with Crippen molar-refractivity contribution in [1.29, 1.82) is 0 Å². The van der Waals surface area contributed by atoms with Crippen molar-refractivity contribution in [2.75, 3.05) is 7.11 Å². The van der Waals surface area contributed by atoms with Crippen LogP contribution in [0.2, 0.25) is 0 Å². The Kier molecular flexibility index (Phi) is 5.58. The first-order chi connectivity index (χ1) is 8.54. The largest absolute Gasteiger partial charge is 0.464 e. The van der Waals surface area contributed by atoms with Gasteiger partial charge in [-0.2, -0.15) is 0 Å². The van der Waals surface area contributed by atoms with Gasteiger partial charge in [0, 0.05) is 17.8 Å². The molecule has 18 heavy (non-hydrogen) atoms. The van der Waals surface area contributed by atoms with Crippen molar-refractivity contribution < 1.29 is 14.3 Å². The highest BCUT2D eigenvalue weighted by atomic mass is 79.9. The predicted molar refractivity (Wildman–Crippen MR) is 71.9 cm³/mol. The fraction of sp³-hybridized carbons (Fsp3) is 0.231. The highest BCUT2D eigenvalue weighted by Gasteiger charge is 2.16. The van der Waals surface area contributed by atoms with E-state index in [1.165, 1.54) is 14.0 Å². The normalized spacial score (nSPS) is 11.5. The second-order valence-electron chi connectivity index (χ2n) is 3.62. The molecule has 0 bridgehead atoms. The lowest BCUT2D eigenvalue weighted by Gasteiger charge is -2.09. The number of allylic oxidation sites excluding steroid dienone is 1. The fourth-order valence-electron chi connectivity index (χ4n) is 1.37. The standard InChI is InChI=1S/C13H14BrNO3/c1-9(16)15-12(13(17)18-2)11(14)8-10-6-4-3-5-7-10/h3-7H,8H2,1-2H3,(H,15,16)/b12-11+. The van der Waals surface area contributed by atoms with Crippen molar-refractivity contribution in [3.8, 4) is 0 Å². The predicted octanol–water partition coefficient (Wildman–Crippen LogP) is 2.14. The van der Waals surface area contributed by atoms with Crippen molar-refractivity contribution in [1.82, 2.24) is 5.32 Å². The average molecular weight is 312 g/mol. The third kappa shape index (κ3) is 4.33. The summed E-state index contributed by atoms with van der Waals surface area (Å²) < 4.78 is 5.21. The van der Waals surface area contributed by atoms with E-state index in [9.17, 15) is 9.59 Å². The first kappa shape index (κ1) is 14.4. The van der Waals surface area contributed by atoms with Crippen LogP contribution in [0.5, 0.6) is 0 Å². The summed E-state index contributed by atoms with van der Waals surface area (Å²) in [4.78, 5) is 22.6. The summed E-state index contributed by atoms with van der Waals surface area (Å²) in [5.74, 6) is -0.895. The number of methoxy groups -OCH3 is 1. The Balaban J connectivity index is 2.96. The first-order valence-electron chi connectivity index (χ1n) is 5.33. The molecule has 1 aromatic carbocycles. The smallest absolute Gasteiger partial charge is 0.355 e. The molecule has 0 fully saturated rings. The van der Waals surface area contributed by atoms with Gasteiger partial charge in [0.1, 0.15) is 5.70 Å². The van der Waals surface area contributed by atoms with Gasteiger partial charge in [0.25, 0.3) is 0 Å². The number of hydrogen-bond donors (Lipinski definition) is 1. The molecule has 0 saturated heterocycles. The van der Waals surface area contributed by atoms with Crippen molar-refractivity contribution >= 4 is 27.8 Å². The van der Waals surface area contributed by atoms with Crippen LogP contribution in [0, 0.1) is 0 Å². The van der Waals surface area contributed by atoms with E-state index < -0.39 is 5.97 Å². The Morgan fingerprint density at radius 2 is 1.89 bits per heavy atom. The molecule has 0 atom stereocenters. The van der Waals surface area contributed by atoms with E-state index in [1.54, 1.807) is 0 Å². The summed E-state index contributed by atoms with van der Waals surface area (Å²) in [6.45, 7) is 1.34. The van der Waals surface area contributed by atoms with Gasteiger partial charge in [-0.25, -0.2) is 4.79 Å². The monoisotopic (exact) mass is 311 g/mol. The second-order valence-corrected chi connectivity index (χ2v) is 4.57. The SMILES string of the molecule is COC(=O)/C(NC(C)=O)=C(\Br)Cc1ccccc1. The number of carbonyl (C=O) groups excluding carboxylic acids is 2. The van der Waals surface area contributed by atoms with Crippen LogP contribution in [0.1, 0.15) is 12.5 Å². The van der Waals surface area contributed by atoms with Gasteiger partial charge in [0.05, 0.1) is 7.11 Å². The van der Waals surface area contributed by atoms with Gasteiger partial charge in [-0.05, 0) is 5.56 Å². The van der Waals surface area contributed by atoms with Crippen LogP contribution in [0.3, 0.4) is 0 Å². The van der Waals surface area contributed by atoms with Crippen LogP contribution in [0.25, 0.3) is 0 Å². The molecular formula is C13H14BrNO3. The van der Waals surface area contributed by atoms with Crippen LogP contribution in [-0.4, -0.2) is 19.0 Å². The van der Waals surface area contributed by atoms with Gasteiger partial charge >= 0.3 is 5.97 Å². The van der Waals surface area contributed by atoms with E-state index in [-0.39, 0.29) is 11.6 Å². The van der Waals surface area contributed by atoms with Gasteiger partial charge in [0.2, 0.25) is 5.91 Å². The number of amides is 1. The lowest BCUT2D eigenvalue weighted by atomic mass is 10.1. The third-order valence-electron chi connectivity index (χ3n) is 2.16. The first-order valence-corrected chi connectivity index (χ1v) is 6.12. The maximum atomic E-state index is 11.6. The van der Waals surface area contributed by atoms with Crippen LogP contribution in [0.15, 0.2) is 40.5 Å². The Labute approximate surface area is 114 Å². The molecule has 0 radical (unpaired) electrons. The minimum Gasteiger partial charge on any atom is -0.464 e. The molecule has 5 heteroatoms. The zero-order valence-electron chi connectivity index (χ0n) is 10.2. The average Bonchev–Trinajstić information content (AvgIpc) is 2.36. The Bertz CT molecular complexity index is 468. The van der Waals surface area contributed by atoms with E-state index in [2.05, 4.69) is 26.0 Å². The molecule has 0 aliphatic rings. The summed E-state index contributed by atoms with van der Waals surface area (Å²) in [5, 5.41) is 2.47. The molecule has 4 nitrogen and oxygen atoms in total. The number of esters is 1. The number of rotatable bonds is 4. The van der Waals surface area contributed by atoms with Crippen LogP contribution < -0.4 is 5.32 Å². The molecule has 0 spiro atoms. The van der Waals surface area contributed by atoms with Gasteiger partial charge in [0.15, 0.2) is 0 Å². The fourth-order valence-corrected chi connectivity index (χ4v) is 1.96. The lowest BCUT2D eigenvalue weighted by molar-refractivity contribution is -0.137. The maximum Gasteiger partial charge on any atom is 0.355 e. The van der Waals surface area contributed by atoms with E-state index >= 15 is 0 Å². The maximum absolute atomic E-state index is 11.6. The molecule has 0 heterocycles. The van der Waals surface area contributed by atoms with Crippen molar-refractivity contribution in [2.45, 2.75) is 13.3 Å². The molecule has 96 valence electrons. The van der Waals surface area contributed by atoms with E-state index in [0.29, 0.717) is 10.9 Å². The Morgan fingerprint density at radius 1 is 1.28 bits per heavy atom. The molecule has 1 rings (SSSR count). The minimum absolute atomic E-state index is 0.133. The van der Waals surface area contributed by atoms with Gasteiger partial charge < -0.3 is 10.1 Å². The molecule has 0 unspecified atom stereocenters. The molecule has 1 N–H and O–H groups in total. The summed E-state index contributed by atoms with van der Waals surface area (Å²) in [6, 6.07) is 9.60. The van der Waals surface area contributed by atoms with Gasteiger partial charge in [-0.15, -0.1) is 0 Å². The highest BCUT2D eigenvalue weighted by Crippen LogP contribution is 2.17. The molecule has 0 aromatic heterocycles. The van der Waals surface area contributed by atoms with E-state index in [1.807, 2.05) is 30.3 Å². The number of benzene rings is 1. The van der Waals surface area contributed by atoms with Gasteiger partial charge in [-0.1, -0.05) is 46.3 Å². The molecule has 1 aromatic rings. The molecule has 0 aliphatic carbocycles. The minimum atomic E-state index is -0.576. The zero-order valence-corrected chi connectivity index (χ0v) is 11.8. The number of halogens is 1. The van der Waals surface area contributed by atoms with E-state index in [4.69, 9.17) is 0 Å².